The van der Waals surface area contributed by atoms with E-state index in [1.807, 2.05) is 12.1 Å². The molecule has 5 heteroatoms. The van der Waals surface area contributed by atoms with Gasteiger partial charge in [0.2, 0.25) is 5.91 Å². The fourth-order valence-electron chi connectivity index (χ4n) is 2.02. The van der Waals surface area contributed by atoms with E-state index in [2.05, 4.69) is 5.32 Å². The third-order valence-corrected chi connectivity index (χ3v) is 3.19. The summed E-state index contributed by atoms with van der Waals surface area (Å²) < 4.78 is 15.6. The number of anilines is 1. The highest BCUT2D eigenvalue weighted by Crippen LogP contribution is 2.25. The third-order valence-electron chi connectivity index (χ3n) is 3.19. The zero-order chi connectivity index (χ0) is 16.7. The SMILES string of the molecule is COc1cccc(NC(=O)C=Cc2cc(OC)ccc2OC)c1. The van der Waals surface area contributed by atoms with Crippen LogP contribution in [-0.2, 0) is 4.79 Å². The van der Waals surface area contributed by atoms with E-state index in [4.69, 9.17) is 14.2 Å². The van der Waals surface area contributed by atoms with Gasteiger partial charge < -0.3 is 19.5 Å². The van der Waals surface area contributed by atoms with E-state index in [1.165, 1.54) is 6.08 Å². The van der Waals surface area contributed by atoms with Crippen molar-refractivity contribution in [3.05, 3.63) is 54.1 Å². The highest BCUT2D eigenvalue weighted by molar-refractivity contribution is 6.02. The van der Waals surface area contributed by atoms with Crippen molar-refractivity contribution >= 4 is 17.7 Å². The molecule has 120 valence electrons. The summed E-state index contributed by atoms with van der Waals surface area (Å²) in [7, 11) is 4.75. The molecule has 0 aliphatic rings. The number of benzene rings is 2. The van der Waals surface area contributed by atoms with Crippen LogP contribution in [-0.4, -0.2) is 27.2 Å². The van der Waals surface area contributed by atoms with Gasteiger partial charge in [0.25, 0.3) is 0 Å². The fraction of sp³-hybridized carbons (Fsp3) is 0.167. The van der Waals surface area contributed by atoms with Crippen LogP contribution in [0.2, 0.25) is 0 Å². The molecule has 0 radical (unpaired) electrons. The summed E-state index contributed by atoms with van der Waals surface area (Å²) in [6, 6.07) is 12.5. The first-order chi connectivity index (χ1) is 11.2. The van der Waals surface area contributed by atoms with Crippen molar-refractivity contribution in [3.63, 3.8) is 0 Å². The van der Waals surface area contributed by atoms with Gasteiger partial charge in [-0.3, -0.25) is 4.79 Å². The van der Waals surface area contributed by atoms with Crippen molar-refractivity contribution in [1.82, 2.24) is 0 Å². The highest BCUT2D eigenvalue weighted by atomic mass is 16.5. The second kappa shape index (κ2) is 7.89. The summed E-state index contributed by atoms with van der Waals surface area (Å²) in [6.07, 6.45) is 3.12. The highest BCUT2D eigenvalue weighted by Gasteiger charge is 2.04. The number of methoxy groups -OCH3 is 3. The summed E-state index contributed by atoms with van der Waals surface area (Å²) >= 11 is 0. The van der Waals surface area contributed by atoms with Crippen molar-refractivity contribution in [2.24, 2.45) is 0 Å². The van der Waals surface area contributed by atoms with E-state index < -0.39 is 0 Å². The lowest BCUT2D eigenvalue weighted by Gasteiger charge is -2.07. The molecule has 0 fully saturated rings. The molecular formula is C18H19NO4. The summed E-state index contributed by atoms with van der Waals surface area (Å²) in [6.45, 7) is 0. The van der Waals surface area contributed by atoms with Crippen LogP contribution < -0.4 is 19.5 Å². The molecule has 0 spiro atoms. The van der Waals surface area contributed by atoms with Gasteiger partial charge >= 0.3 is 0 Å². The van der Waals surface area contributed by atoms with E-state index in [0.29, 0.717) is 22.9 Å². The van der Waals surface area contributed by atoms with Crippen LogP contribution in [0.15, 0.2) is 48.5 Å². The Hall–Kier alpha value is -2.95. The molecular weight excluding hydrogens is 294 g/mol. The number of hydrogen-bond donors (Lipinski definition) is 1. The normalized spacial score (nSPS) is 10.4. The van der Waals surface area contributed by atoms with E-state index in [1.54, 1.807) is 57.7 Å². The zero-order valence-electron chi connectivity index (χ0n) is 13.3. The molecule has 0 saturated carbocycles. The van der Waals surface area contributed by atoms with Crippen molar-refractivity contribution in [3.8, 4) is 17.2 Å². The molecule has 1 N–H and O–H groups in total. The molecule has 2 rings (SSSR count). The van der Waals surface area contributed by atoms with Gasteiger partial charge in [-0.2, -0.15) is 0 Å². The Bertz CT molecular complexity index is 710. The number of nitrogens with one attached hydrogen (secondary N) is 1. The maximum atomic E-state index is 12.0. The average Bonchev–Trinajstić information content (AvgIpc) is 2.59. The van der Waals surface area contributed by atoms with Crippen LogP contribution in [0.3, 0.4) is 0 Å². The molecule has 0 aliphatic carbocycles. The van der Waals surface area contributed by atoms with Gasteiger partial charge in [-0.25, -0.2) is 0 Å². The summed E-state index contributed by atoms with van der Waals surface area (Å²) in [5, 5.41) is 2.78. The minimum absolute atomic E-state index is 0.247. The van der Waals surface area contributed by atoms with Crippen molar-refractivity contribution in [2.75, 3.05) is 26.6 Å². The first-order valence-corrected chi connectivity index (χ1v) is 7.01. The molecule has 0 aliphatic heterocycles. The van der Waals surface area contributed by atoms with E-state index in [9.17, 15) is 4.79 Å². The predicted molar refractivity (Wildman–Crippen MR) is 90.2 cm³/mol. The molecule has 5 nitrogen and oxygen atoms in total. The Morgan fingerprint density at radius 1 is 0.957 bits per heavy atom. The van der Waals surface area contributed by atoms with Gasteiger partial charge in [-0.15, -0.1) is 0 Å². The van der Waals surface area contributed by atoms with Gasteiger partial charge in [-0.05, 0) is 36.4 Å². The molecule has 0 aromatic heterocycles. The number of ether oxygens (including phenoxy) is 3. The second-order valence-electron chi connectivity index (χ2n) is 4.66. The number of rotatable bonds is 6. The molecule has 0 bridgehead atoms. The number of carbonyl (C=O) groups excluding carboxylic acids is 1. The molecule has 0 atom stereocenters. The first kappa shape index (κ1) is 16.4. The molecule has 0 heterocycles. The Kier molecular flexibility index (Phi) is 5.63. The smallest absolute Gasteiger partial charge is 0.248 e. The van der Waals surface area contributed by atoms with Gasteiger partial charge in [0, 0.05) is 23.4 Å². The van der Waals surface area contributed by atoms with E-state index in [-0.39, 0.29) is 5.91 Å². The second-order valence-corrected chi connectivity index (χ2v) is 4.66. The van der Waals surface area contributed by atoms with Gasteiger partial charge in [0.15, 0.2) is 0 Å². The van der Waals surface area contributed by atoms with Crippen LogP contribution >= 0.6 is 0 Å². The average molecular weight is 313 g/mol. The lowest BCUT2D eigenvalue weighted by atomic mass is 10.1. The summed E-state index contributed by atoms with van der Waals surface area (Å²) in [5.41, 5.74) is 1.42. The number of hydrogen-bond acceptors (Lipinski definition) is 4. The lowest BCUT2D eigenvalue weighted by Crippen LogP contribution is -2.07. The number of amides is 1. The summed E-state index contributed by atoms with van der Waals surface area (Å²) in [5.74, 6) is 1.79. The minimum Gasteiger partial charge on any atom is -0.497 e. The largest absolute Gasteiger partial charge is 0.497 e. The van der Waals surface area contributed by atoms with E-state index in [0.717, 1.165) is 5.56 Å². The van der Waals surface area contributed by atoms with Crippen LogP contribution in [0.4, 0.5) is 5.69 Å². The Morgan fingerprint density at radius 2 is 1.70 bits per heavy atom. The van der Waals surface area contributed by atoms with Gasteiger partial charge in [0.1, 0.15) is 17.2 Å². The van der Waals surface area contributed by atoms with Gasteiger partial charge in [0.05, 0.1) is 21.3 Å². The minimum atomic E-state index is -0.247. The molecule has 0 saturated heterocycles. The van der Waals surface area contributed by atoms with Crippen LogP contribution in [0.1, 0.15) is 5.56 Å². The standard InChI is InChI=1S/C18H19NO4/c1-21-15-6-4-5-14(12-15)19-18(20)10-7-13-11-16(22-2)8-9-17(13)23-3/h4-12H,1-3H3,(H,19,20). The number of carbonyl (C=O) groups is 1. The quantitative estimate of drug-likeness (QED) is 0.831. The third kappa shape index (κ3) is 4.51. The fourth-order valence-corrected chi connectivity index (χ4v) is 2.02. The van der Waals surface area contributed by atoms with Gasteiger partial charge in [-0.1, -0.05) is 6.07 Å². The zero-order valence-corrected chi connectivity index (χ0v) is 13.3. The van der Waals surface area contributed by atoms with Crippen molar-refractivity contribution in [1.29, 1.82) is 0 Å². The first-order valence-electron chi connectivity index (χ1n) is 7.01. The maximum absolute atomic E-state index is 12.0. The summed E-state index contributed by atoms with van der Waals surface area (Å²) in [4.78, 5) is 12.0. The molecule has 23 heavy (non-hydrogen) atoms. The Labute approximate surface area is 135 Å². The molecule has 0 unspecified atom stereocenters. The molecule has 2 aromatic carbocycles. The maximum Gasteiger partial charge on any atom is 0.248 e. The lowest BCUT2D eigenvalue weighted by molar-refractivity contribution is -0.111. The Balaban J connectivity index is 2.11. The van der Waals surface area contributed by atoms with Crippen LogP contribution in [0, 0.1) is 0 Å². The monoisotopic (exact) mass is 313 g/mol. The molecule has 1 amide bonds. The van der Waals surface area contributed by atoms with Crippen molar-refractivity contribution < 1.29 is 19.0 Å². The predicted octanol–water partition coefficient (Wildman–Crippen LogP) is 3.36. The Morgan fingerprint density at radius 3 is 2.39 bits per heavy atom. The van der Waals surface area contributed by atoms with Crippen LogP contribution in [0.25, 0.3) is 6.08 Å². The van der Waals surface area contributed by atoms with E-state index >= 15 is 0 Å². The topological polar surface area (TPSA) is 56.8 Å². The van der Waals surface area contributed by atoms with Crippen LogP contribution in [0.5, 0.6) is 17.2 Å². The van der Waals surface area contributed by atoms with Crippen molar-refractivity contribution in [2.45, 2.75) is 0 Å². The molecule has 2 aromatic rings.